The minimum absolute atomic E-state index is 0.175. The first-order chi connectivity index (χ1) is 17.0. The number of sulfonamides is 1. The fourth-order valence-corrected chi connectivity index (χ4v) is 5.13. The number of nitrogens with zero attached hydrogens (tertiary/aromatic N) is 1. The number of nitrogens with one attached hydrogen (secondary N) is 1. The highest BCUT2D eigenvalue weighted by Gasteiger charge is 2.23. The van der Waals surface area contributed by atoms with Gasteiger partial charge in [0, 0.05) is 5.56 Å². The number of rotatable bonds is 10. The van der Waals surface area contributed by atoms with Crippen molar-refractivity contribution in [1.29, 1.82) is 0 Å². The summed E-state index contributed by atoms with van der Waals surface area (Å²) < 4.78 is 32.8. The molecule has 3 aromatic rings. The SMILES string of the molecule is Cc1ccc(OCCNC(=O)c2ccc(CN(c3c(C)cccc3C(C)C)S(C)(=O)=O)cc2)c(C)c1. The van der Waals surface area contributed by atoms with Crippen molar-refractivity contribution in [3.8, 4) is 5.75 Å². The maximum absolute atomic E-state index is 12.8. The van der Waals surface area contributed by atoms with E-state index in [0.717, 1.165) is 33.7 Å². The molecule has 3 rings (SSSR count). The van der Waals surface area contributed by atoms with Crippen LogP contribution in [0.1, 0.15) is 57.9 Å². The van der Waals surface area contributed by atoms with E-state index in [1.807, 2.05) is 51.1 Å². The van der Waals surface area contributed by atoms with Gasteiger partial charge in [0.15, 0.2) is 0 Å². The smallest absolute Gasteiger partial charge is 0.251 e. The van der Waals surface area contributed by atoms with Gasteiger partial charge in [0.25, 0.3) is 5.91 Å². The molecule has 6 nitrogen and oxygen atoms in total. The molecule has 0 heterocycles. The zero-order valence-corrected chi connectivity index (χ0v) is 22.8. The first-order valence-electron chi connectivity index (χ1n) is 12.1. The Labute approximate surface area is 215 Å². The van der Waals surface area contributed by atoms with Crippen molar-refractivity contribution in [2.45, 2.75) is 47.1 Å². The molecule has 0 spiro atoms. The van der Waals surface area contributed by atoms with Crippen LogP contribution in [-0.4, -0.2) is 33.7 Å². The van der Waals surface area contributed by atoms with E-state index in [1.165, 1.54) is 16.1 Å². The summed E-state index contributed by atoms with van der Waals surface area (Å²) in [5, 5.41) is 2.87. The Morgan fingerprint density at radius 1 is 0.972 bits per heavy atom. The van der Waals surface area contributed by atoms with Crippen LogP contribution in [-0.2, 0) is 16.6 Å². The zero-order chi connectivity index (χ0) is 26.5. The van der Waals surface area contributed by atoms with E-state index < -0.39 is 10.0 Å². The van der Waals surface area contributed by atoms with E-state index in [2.05, 4.69) is 25.2 Å². The summed E-state index contributed by atoms with van der Waals surface area (Å²) in [6.45, 7) is 11.0. The molecule has 192 valence electrons. The Morgan fingerprint density at radius 2 is 1.67 bits per heavy atom. The van der Waals surface area contributed by atoms with Crippen molar-refractivity contribution < 1.29 is 17.9 Å². The van der Waals surface area contributed by atoms with Gasteiger partial charge < -0.3 is 10.1 Å². The van der Waals surface area contributed by atoms with Crippen LogP contribution in [0.4, 0.5) is 5.69 Å². The van der Waals surface area contributed by atoms with Gasteiger partial charge in [0.05, 0.1) is 25.0 Å². The highest BCUT2D eigenvalue weighted by Crippen LogP contribution is 2.33. The van der Waals surface area contributed by atoms with Gasteiger partial charge in [0.2, 0.25) is 10.0 Å². The summed E-state index contributed by atoms with van der Waals surface area (Å²) in [5.41, 5.74) is 6.16. The van der Waals surface area contributed by atoms with Gasteiger partial charge in [0.1, 0.15) is 12.4 Å². The molecule has 0 aliphatic carbocycles. The van der Waals surface area contributed by atoms with Crippen LogP contribution in [0.2, 0.25) is 0 Å². The van der Waals surface area contributed by atoms with Crippen LogP contribution in [0, 0.1) is 20.8 Å². The molecular weight excluding hydrogens is 472 g/mol. The van der Waals surface area contributed by atoms with Crippen molar-refractivity contribution >= 4 is 21.6 Å². The van der Waals surface area contributed by atoms with Gasteiger partial charge >= 0.3 is 0 Å². The van der Waals surface area contributed by atoms with E-state index >= 15 is 0 Å². The van der Waals surface area contributed by atoms with Gasteiger partial charge in [-0.05, 0) is 67.1 Å². The second kappa shape index (κ2) is 11.6. The Kier molecular flexibility index (Phi) is 8.79. The molecule has 0 saturated carbocycles. The Bertz CT molecular complexity index is 1320. The number of aryl methyl sites for hydroxylation is 3. The van der Waals surface area contributed by atoms with Crippen molar-refractivity contribution in [2.24, 2.45) is 0 Å². The average Bonchev–Trinajstić information content (AvgIpc) is 2.81. The minimum atomic E-state index is -3.52. The second-order valence-electron chi connectivity index (χ2n) is 9.51. The van der Waals surface area contributed by atoms with Crippen LogP contribution in [0.15, 0.2) is 60.7 Å². The predicted molar refractivity (Wildman–Crippen MR) is 146 cm³/mol. The lowest BCUT2D eigenvalue weighted by Gasteiger charge is -2.28. The first kappa shape index (κ1) is 27.3. The highest BCUT2D eigenvalue weighted by molar-refractivity contribution is 7.92. The molecule has 0 saturated heterocycles. The molecule has 0 aliphatic heterocycles. The summed E-state index contributed by atoms with van der Waals surface area (Å²) in [7, 11) is -3.52. The van der Waals surface area contributed by atoms with E-state index in [4.69, 9.17) is 4.74 Å². The van der Waals surface area contributed by atoms with E-state index in [9.17, 15) is 13.2 Å². The van der Waals surface area contributed by atoms with E-state index in [0.29, 0.717) is 18.7 Å². The number of anilines is 1. The molecule has 36 heavy (non-hydrogen) atoms. The largest absolute Gasteiger partial charge is 0.491 e. The third-order valence-corrected chi connectivity index (χ3v) is 7.17. The van der Waals surface area contributed by atoms with Gasteiger partial charge in [-0.3, -0.25) is 9.10 Å². The number of carbonyl (C=O) groups excluding carboxylic acids is 1. The maximum atomic E-state index is 12.8. The van der Waals surface area contributed by atoms with Crippen LogP contribution in [0.25, 0.3) is 0 Å². The third-order valence-electron chi connectivity index (χ3n) is 6.06. The summed E-state index contributed by atoms with van der Waals surface area (Å²) >= 11 is 0. The summed E-state index contributed by atoms with van der Waals surface area (Å²) in [4.78, 5) is 12.6. The van der Waals surface area contributed by atoms with Crippen LogP contribution in [0.3, 0.4) is 0 Å². The molecule has 0 radical (unpaired) electrons. The topological polar surface area (TPSA) is 75.7 Å². The maximum Gasteiger partial charge on any atom is 0.251 e. The summed E-state index contributed by atoms with van der Waals surface area (Å²) in [5.74, 6) is 0.782. The molecule has 0 unspecified atom stereocenters. The van der Waals surface area contributed by atoms with Gasteiger partial charge in [-0.2, -0.15) is 0 Å². The van der Waals surface area contributed by atoms with Gasteiger partial charge in [-0.25, -0.2) is 8.42 Å². The van der Waals surface area contributed by atoms with Gasteiger partial charge in [-0.1, -0.05) is 61.9 Å². The van der Waals surface area contributed by atoms with Crippen molar-refractivity contribution in [3.63, 3.8) is 0 Å². The Hall–Kier alpha value is -3.32. The number of hydrogen-bond acceptors (Lipinski definition) is 4. The molecule has 0 atom stereocenters. The molecule has 0 bridgehead atoms. The molecule has 0 fully saturated rings. The minimum Gasteiger partial charge on any atom is -0.491 e. The number of hydrogen-bond donors (Lipinski definition) is 1. The molecule has 1 N–H and O–H groups in total. The zero-order valence-electron chi connectivity index (χ0n) is 22.0. The van der Waals surface area contributed by atoms with Crippen molar-refractivity contribution in [3.05, 3.63) is 94.0 Å². The monoisotopic (exact) mass is 508 g/mol. The number of benzene rings is 3. The lowest BCUT2D eigenvalue weighted by Crippen LogP contribution is -2.31. The Morgan fingerprint density at radius 3 is 2.28 bits per heavy atom. The number of carbonyl (C=O) groups is 1. The number of para-hydroxylation sites is 1. The number of ether oxygens (including phenoxy) is 1. The first-order valence-corrected chi connectivity index (χ1v) is 14.0. The fraction of sp³-hybridized carbons (Fsp3) is 0.345. The van der Waals surface area contributed by atoms with Crippen LogP contribution in [0.5, 0.6) is 5.75 Å². The summed E-state index contributed by atoms with van der Waals surface area (Å²) in [6, 6.07) is 18.9. The van der Waals surface area contributed by atoms with Gasteiger partial charge in [-0.15, -0.1) is 0 Å². The van der Waals surface area contributed by atoms with Crippen molar-refractivity contribution in [2.75, 3.05) is 23.7 Å². The molecule has 7 heteroatoms. The van der Waals surface area contributed by atoms with E-state index in [1.54, 1.807) is 24.3 Å². The van der Waals surface area contributed by atoms with Crippen LogP contribution >= 0.6 is 0 Å². The average molecular weight is 509 g/mol. The van der Waals surface area contributed by atoms with Crippen molar-refractivity contribution in [1.82, 2.24) is 5.32 Å². The highest BCUT2D eigenvalue weighted by atomic mass is 32.2. The third kappa shape index (κ3) is 6.88. The molecule has 0 aromatic heterocycles. The lowest BCUT2D eigenvalue weighted by atomic mass is 9.98. The Balaban J connectivity index is 1.66. The number of amides is 1. The van der Waals surface area contributed by atoms with Crippen LogP contribution < -0.4 is 14.4 Å². The predicted octanol–water partition coefficient (Wildman–Crippen LogP) is 5.51. The quantitative estimate of drug-likeness (QED) is 0.367. The molecule has 3 aromatic carbocycles. The molecule has 0 aliphatic rings. The fourth-order valence-electron chi connectivity index (χ4n) is 4.17. The second-order valence-corrected chi connectivity index (χ2v) is 11.4. The molecule has 1 amide bonds. The lowest BCUT2D eigenvalue weighted by molar-refractivity contribution is 0.0947. The standard InChI is InChI=1S/C29H36N2O4S/c1-20(2)26-9-7-8-22(4)28(26)31(36(6,33)34)19-24-11-13-25(14-12-24)29(32)30-16-17-35-27-15-10-21(3)18-23(27)5/h7-15,18,20H,16-17,19H2,1-6H3,(H,30,32). The molecular formula is C29H36N2O4S. The normalized spacial score (nSPS) is 11.4. The van der Waals surface area contributed by atoms with E-state index in [-0.39, 0.29) is 18.4 Å². The summed E-state index contributed by atoms with van der Waals surface area (Å²) in [6.07, 6.45) is 1.23.